The Bertz CT molecular complexity index is 8840. The first-order valence-electron chi connectivity index (χ1n) is 51.0. The van der Waals surface area contributed by atoms with Gasteiger partial charge in [-0.3, -0.25) is 0 Å². The second-order valence-electron chi connectivity index (χ2n) is 34.8. The van der Waals surface area contributed by atoms with Gasteiger partial charge in [0.1, 0.15) is 23.0 Å². The first-order chi connectivity index (χ1) is 69.3. The summed E-state index contributed by atoms with van der Waals surface area (Å²) >= 11 is 0. The summed E-state index contributed by atoms with van der Waals surface area (Å²) in [5, 5.41) is -0.382. The predicted octanol–water partition coefficient (Wildman–Crippen LogP) is 28.9. The van der Waals surface area contributed by atoms with Crippen molar-refractivity contribution in [2.75, 3.05) is 9.80 Å². The lowest BCUT2D eigenvalue weighted by Crippen LogP contribution is -2.61. The van der Waals surface area contributed by atoms with Crippen LogP contribution in [0.15, 0.2) is 424 Å². The lowest BCUT2D eigenvalue weighted by molar-refractivity contribution is 0.436. The fourth-order valence-electron chi connectivity index (χ4n) is 22.3. The molecule has 0 N–H and O–H groups in total. The molecule has 19 aromatic carbocycles. The van der Waals surface area contributed by atoms with E-state index in [2.05, 4.69) is 261 Å². The summed E-state index contributed by atoms with van der Waals surface area (Å²) in [4.78, 5) is 4.65. The number of para-hydroxylation sites is 8. The van der Waals surface area contributed by atoms with Crippen molar-refractivity contribution in [1.29, 1.82) is 0 Å². The van der Waals surface area contributed by atoms with E-state index in [1.807, 2.05) is 97.1 Å². The molecule has 0 saturated carbocycles. The standard InChI is InChI=1S/C120H79BN4O2/c1-118(2,3)78-70-109-115-110(71-78)125(108-73-80(123-105-56-26-16-42-91(105)92-43-17-27-57-106(92)123)63-67-102(108)121(115)101-66-62-79(122-103-54-24-14-40-89(103)90-41-15-25-55-104(90)122)72-107(101)124(109)116-81(74-32-6-4-7-33-74)44-30-45-82(116)75-34-8-5-9-35-75)117-83(76-60-64-99-113(68-76)126-111-58-28-22-52-97(111)119(99)93-48-18-10-36-85(93)86-37-11-19-49-94(86)119)46-31-47-84(117)77-61-65-100-114(69-77)127-112-59-29-23-53-98(112)120(100)95-50-20-12-38-87(95)88-39-13-21-51-96(88)120/h4-73H,1-3H3/i14D,15D,16D,17D,24D,25D,26D,27D,40D,41D,42D,43D,54D,55D,56D,57D. The van der Waals surface area contributed by atoms with Gasteiger partial charge in [-0.1, -0.05) is 360 Å². The van der Waals surface area contributed by atoms with E-state index in [9.17, 15) is 21.9 Å². The summed E-state index contributed by atoms with van der Waals surface area (Å²) < 4.78 is 173. The highest BCUT2D eigenvalue weighted by atomic mass is 16.5. The fourth-order valence-corrected chi connectivity index (χ4v) is 22.3. The average Bonchev–Trinajstić information content (AvgIpc) is 1.53. The lowest BCUT2D eigenvalue weighted by Gasteiger charge is -2.46. The van der Waals surface area contributed by atoms with Crippen LogP contribution in [0.25, 0.3) is 122 Å². The summed E-state index contributed by atoms with van der Waals surface area (Å²) in [5.41, 5.74) is 23.7. The molecule has 2 spiro atoms. The summed E-state index contributed by atoms with van der Waals surface area (Å²) in [6.07, 6.45) is 0. The van der Waals surface area contributed by atoms with Crippen LogP contribution >= 0.6 is 0 Å². The van der Waals surface area contributed by atoms with Crippen molar-refractivity contribution >= 4 is 101 Å². The third kappa shape index (κ3) is 9.91. The van der Waals surface area contributed by atoms with Crippen LogP contribution in [0.2, 0.25) is 0 Å². The lowest BCUT2D eigenvalue weighted by atomic mass is 9.33. The Morgan fingerprint density at radius 3 is 0.953 bits per heavy atom. The zero-order valence-corrected chi connectivity index (χ0v) is 68.9. The fraction of sp³-hybridized carbons (Fsp3) is 0.0500. The first-order valence-corrected chi connectivity index (χ1v) is 43.0. The van der Waals surface area contributed by atoms with Crippen molar-refractivity contribution < 1.29 is 31.4 Å². The van der Waals surface area contributed by atoms with Gasteiger partial charge in [-0.15, -0.1) is 0 Å². The predicted molar refractivity (Wildman–Crippen MR) is 524 cm³/mol. The Hall–Kier alpha value is -16.0. The zero-order chi connectivity index (χ0) is 97.6. The molecule has 2 aromatic heterocycles. The van der Waals surface area contributed by atoms with Gasteiger partial charge >= 0.3 is 0 Å². The highest BCUT2D eigenvalue weighted by molar-refractivity contribution is 7.00. The smallest absolute Gasteiger partial charge is 0.252 e. The van der Waals surface area contributed by atoms with Crippen LogP contribution in [0.5, 0.6) is 23.0 Å². The van der Waals surface area contributed by atoms with E-state index in [1.165, 1.54) is 0 Å². The molecule has 27 rings (SSSR count). The van der Waals surface area contributed by atoms with Crippen LogP contribution in [-0.4, -0.2) is 15.8 Å². The quantitative estimate of drug-likeness (QED) is 0.142. The maximum Gasteiger partial charge on any atom is 0.252 e. The van der Waals surface area contributed by atoms with Crippen LogP contribution in [0, 0.1) is 0 Å². The van der Waals surface area contributed by atoms with E-state index in [0.29, 0.717) is 68.0 Å². The van der Waals surface area contributed by atoms with Gasteiger partial charge in [-0.2, -0.15) is 0 Å². The van der Waals surface area contributed by atoms with Crippen LogP contribution in [0.4, 0.5) is 34.1 Å². The largest absolute Gasteiger partial charge is 0.457 e. The molecule has 6 heterocycles. The van der Waals surface area contributed by atoms with Crippen molar-refractivity contribution in [1.82, 2.24) is 9.13 Å². The number of fused-ring (bicyclic) bond motifs is 28. The highest BCUT2D eigenvalue weighted by Gasteiger charge is 2.54. The minimum absolute atomic E-state index is 0.0684. The number of nitrogens with zero attached hydrogens (tertiary/aromatic N) is 4. The zero-order valence-electron chi connectivity index (χ0n) is 84.9. The Labute approximate surface area is 759 Å². The summed E-state index contributed by atoms with van der Waals surface area (Å²) in [5.74, 6) is 2.59. The maximum atomic E-state index is 10.2. The Morgan fingerprint density at radius 2 is 0.583 bits per heavy atom. The van der Waals surface area contributed by atoms with E-state index in [4.69, 9.17) is 9.47 Å². The van der Waals surface area contributed by atoms with Crippen LogP contribution in [0.3, 0.4) is 0 Å². The van der Waals surface area contributed by atoms with Crippen molar-refractivity contribution in [2.45, 2.75) is 37.0 Å². The molecular weight excluding hydrogens is 1540 g/mol. The van der Waals surface area contributed by atoms with E-state index in [1.54, 1.807) is 9.13 Å². The first kappa shape index (κ1) is 57.4. The molecule has 6 aliphatic rings. The van der Waals surface area contributed by atoms with E-state index in [-0.39, 0.29) is 49.3 Å². The topological polar surface area (TPSA) is 34.8 Å². The van der Waals surface area contributed by atoms with E-state index < -0.39 is 120 Å². The number of anilines is 6. The van der Waals surface area contributed by atoms with Gasteiger partial charge in [0.15, 0.2) is 0 Å². The molecule has 6 nitrogen and oxygen atoms in total. The Balaban J connectivity index is 0.816. The van der Waals surface area contributed by atoms with Crippen molar-refractivity contribution in [3.05, 3.63) is 474 Å². The van der Waals surface area contributed by atoms with E-state index in [0.717, 1.165) is 128 Å². The molecule has 21 aromatic rings. The van der Waals surface area contributed by atoms with Crippen molar-refractivity contribution in [2.24, 2.45) is 0 Å². The SMILES string of the molecule is [2H]c1c([2H])c([2H])c2c(c1[2H])c1c([2H])c([2H])c([2H])c([2H])c1n2-c1ccc2c(c1)N(c1c(-c3ccccc3)cccc1-c1ccccc1)c1cc(C(C)(C)C)cc3c1B2c1ccc(-n2c4c([2H])c([2H])c([2H])c([2H])c4c4c([2H])c([2H])c([2H])c([2H])c42)cc1N3c1c(-c2ccc3c(c2)Oc2ccccc2C32c3ccccc3-c3ccccc32)cccc1-c1ccc2c(c1)Oc1ccccc1C21c2ccccc2-c2ccccc21. The third-order valence-electron chi connectivity index (χ3n) is 27.5. The molecule has 0 unspecified atom stereocenters. The number of aromatic nitrogens is 2. The van der Waals surface area contributed by atoms with Gasteiger partial charge in [-0.25, -0.2) is 0 Å². The molecule has 127 heavy (non-hydrogen) atoms. The minimum Gasteiger partial charge on any atom is -0.457 e. The monoisotopic (exact) mass is 1630 g/mol. The molecule has 0 saturated heterocycles. The number of hydrogen-bond acceptors (Lipinski definition) is 4. The molecule has 594 valence electrons. The Morgan fingerprint density at radius 1 is 0.268 bits per heavy atom. The normalized spacial score (nSPS) is 15.8. The maximum absolute atomic E-state index is 10.2. The molecule has 0 fully saturated rings. The molecule has 0 amide bonds. The molecule has 0 radical (unpaired) electrons. The van der Waals surface area contributed by atoms with Gasteiger partial charge in [-0.05, 0) is 179 Å². The second kappa shape index (κ2) is 26.8. The van der Waals surface area contributed by atoms with Gasteiger partial charge in [0.2, 0.25) is 0 Å². The summed E-state index contributed by atoms with van der Waals surface area (Å²) in [7, 11) is 0. The van der Waals surface area contributed by atoms with Crippen LogP contribution in [0.1, 0.15) is 92.8 Å². The molecule has 7 heteroatoms. The average molecular weight is 1640 g/mol. The summed E-state index contributed by atoms with van der Waals surface area (Å²) in [6.45, 7) is 5.69. The minimum atomic E-state index is -0.866. The van der Waals surface area contributed by atoms with Crippen molar-refractivity contribution in [3.63, 3.8) is 0 Å². The van der Waals surface area contributed by atoms with Crippen LogP contribution < -0.4 is 35.7 Å². The van der Waals surface area contributed by atoms with Crippen LogP contribution in [-0.2, 0) is 16.2 Å². The molecule has 4 aliphatic heterocycles. The number of ether oxygens (including phenoxy) is 2. The summed E-state index contributed by atoms with van der Waals surface area (Å²) in [6, 6.07) is 105. The number of rotatable bonds is 8. The molecule has 0 atom stereocenters. The van der Waals surface area contributed by atoms with E-state index >= 15 is 0 Å². The van der Waals surface area contributed by atoms with Crippen molar-refractivity contribution in [3.8, 4) is 101 Å². The van der Waals surface area contributed by atoms with Gasteiger partial charge in [0.05, 0.1) is 66.2 Å². The highest BCUT2D eigenvalue weighted by Crippen LogP contribution is 2.66. The number of hydrogen-bond donors (Lipinski definition) is 0. The van der Waals surface area contributed by atoms with Gasteiger partial charge in [0, 0.05) is 100 Å². The molecule has 0 bridgehead atoms. The Kier molecular flexibility index (Phi) is 12.1. The van der Waals surface area contributed by atoms with Gasteiger partial charge < -0.3 is 28.4 Å². The molecular formula is C120H79BN4O2. The second-order valence-corrected chi connectivity index (χ2v) is 34.8. The van der Waals surface area contributed by atoms with Gasteiger partial charge in [0.25, 0.3) is 6.71 Å². The third-order valence-corrected chi connectivity index (χ3v) is 27.5. The molecule has 2 aliphatic carbocycles. The number of benzene rings is 19.